The van der Waals surface area contributed by atoms with Gasteiger partial charge in [0.15, 0.2) is 0 Å². The Hall–Kier alpha value is -1.13. The van der Waals surface area contributed by atoms with Crippen molar-refractivity contribution in [1.29, 1.82) is 0 Å². The number of aryl methyl sites for hydroxylation is 1. The lowest BCUT2D eigenvalue weighted by molar-refractivity contribution is 0.0980. The Bertz CT molecular complexity index is 376. The highest BCUT2D eigenvalue weighted by atomic mass is 16.5. The molecule has 1 aromatic rings. The van der Waals surface area contributed by atoms with Crippen molar-refractivity contribution in [3.05, 3.63) is 23.5 Å². The van der Waals surface area contributed by atoms with Gasteiger partial charge in [0, 0.05) is 18.8 Å². The number of nitrogens with zero attached hydrogens (tertiary/aromatic N) is 1. The summed E-state index contributed by atoms with van der Waals surface area (Å²) < 4.78 is 11.3. The van der Waals surface area contributed by atoms with Crippen LogP contribution in [0.2, 0.25) is 0 Å². The van der Waals surface area contributed by atoms with Gasteiger partial charge in [-0.15, -0.1) is 0 Å². The van der Waals surface area contributed by atoms with Gasteiger partial charge in [0.05, 0.1) is 18.4 Å². The summed E-state index contributed by atoms with van der Waals surface area (Å²) in [5.74, 6) is 0.815. The fourth-order valence-electron chi connectivity index (χ4n) is 2.24. The monoisotopic (exact) mass is 250 g/mol. The summed E-state index contributed by atoms with van der Waals surface area (Å²) in [7, 11) is 0. The molecule has 0 amide bonds. The first-order valence-corrected chi connectivity index (χ1v) is 6.70. The van der Waals surface area contributed by atoms with Gasteiger partial charge >= 0.3 is 0 Å². The molecule has 2 heterocycles. The first-order chi connectivity index (χ1) is 8.79. The van der Waals surface area contributed by atoms with Gasteiger partial charge in [0.25, 0.3) is 0 Å². The standard InChI is InChI=1S/C14H22N2O2/c1-11-6-7-14(13(10-15)16-11)18-9-3-5-12-4-2-8-17-12/h6-7,12H,2-5,8-10,15H2,1H3. The van der Waals surface area contributed by atoms with E-state index in [0.29, 0.717) is 19.3 Å². The molecular weight excluding hydrogens is 228 g/mol. The molecule has 2 N–H and O–H groups in total. The fraction of sp³-hybridized carbons (Fsp3) is 0.643. The Morgan fingerprint density at radius 1 is 1.50 bits per heavy atom. The lowest BCUT2D eigenvalue weighted by atomic mass is 10.1. The molecule has 0 aromatic carbocycles. The summed E-state index contributed by atoms with van der Waals surface area (Å²) in [6.07, 6.45) is 4.93. The molecule has 18 heavy (non-hydrogen) atoms. The first kappa shape index (κ1) is 13.3. The van der Waals surface area contributed by atoms with Gasteiger partial charge in [0.1, 0.15) is 5.75 Å². The second-order valence-corrected chi connectivity index (χ2v) is 4.73. The van der Waals surface area contributed by atoms with Crippen LogP contribution in [0, 0.1) is 6.92 Å². The molecule has 1 fully saturated rings. The molecule has 4 heteroatoms. The Balaban J connectivity index is 1.75. The molecule has 0 bridgehead atoms. The number of pyridine rings is 1. The maximum absolute atomic E-state index is 5.74. The molecule has 0 radical (unpaired) electrons. The van der Waals surface area contributed by atoms with E-state index in [1.165, 1.54) is 12.8 Å². The molecule has 1 unspecified atom stereocenters. The third kappa shape index (κ3) is 3.68. The van der Waals surface area contributed by atoms with E-state index in [1.807, 2.05) is 19.1 Å². The van der Waals surface area contributed by atoms with Crippen molar-refractivity contribution in [3.63, 3.8) is 0 Å². The molecule has 4 nitrogen and oxygen atoms in total. The Labute approximate surface area is 108 Å². The van der Waals surface area contributed by atoms with Gasteiger partial charge in [-0.2, -0.15) is 0 Å². The van der Waals surface area contributed by atoms with Crippen LogP contribution < -0.4 is 10.5 Å². The smallest absolute Gasteiger partial charge is 0.142 e. The number of rotatable bonds is 6. The van der Waals surface area contributed by atoms with Crippen LogP contribution in [0.3, 0.4) is 0 Å². The third-order valence-corrected chi connectivity index (χ3v) is 3.22. The first-order valence-electron chi connectivity index (χ1n) is 6.70. The number of hydrogen-bond donors (Lipinski definition) is 1. The quantitative estimate of drug-likeness (QED) is 0.786. The predicted molar refractivity (Wildman–Crippen MR) is 70.6 cm³/mol. The highest BCUT2D eigenvalue weighted by Crippen LogP contribution is 2.19. The minimum Gasteiger partial charge on any atom is -0.492 e. The zero-order valence-corrected chi connectivity index (χ0v) is 11.0. The van der Waals surface area contributed by atoms with Gasteiger partial charge in [0.2, 0.25) is 0 Å². The second kappa shape index (κ2) is 6.71. The lowest BCUT2D eigenvalue weighted by Crippen LogP contribution is -2.10. The number of aromatic nitrogens is 1. The maximum atomic E-state index is 5.74. The molecule has 1 atom stereocenters. The van der Waals surface area contributed by atoms with Crippen LogP contribution in [0.1, 0.15) is 37.1 Å². The fourth-order valence-corrected chi connectivity index (χ4v) is 2.24. The molecule has 0 aliphatic carbocycles. The van der Waals surface area contributed by atoms with E-state index < -0.39 is 0 Å². The van der Waals surface area contributed by atoms with Crippen LogP contribution >= 0.6 is 0 Å². The minimum absolute atomic E-state index is 0.419. The summed E-state index contributed by atoms with van der Waals surface area (Å²) in [5, 5.41) is 0. The van der Waals surface area contributed by atoms with E-state index in [0.717, 1.165) is 36.6 Å². The largest absolute Gasteiger partial charge is 0.492 e. The van der Waals surface area contributed by atoms with Crippen molar-refractivity contribution >= 4 is 0 Å². The van der Waals surface area contributed by atoms with Crippen molar-refractivity contribution in [3.8, 4) is 5.75 Å². The minimum atomic E-state index is 0.419. The second-order valence-electron chi connectivity index (χ2n) is 4.73. The van der Waals surface area contributed by atoms with Crippen LogP contribution in [0.25, 0.3) is 0 Å². The van der Waals surface area contributed by atoms with E-state index in [1.54, 1.807) is 0 Å². The number of ether oxygens (including phenoxy) is 2. The normalized spacial score (nSPS) is 19.1. The van der Waals surface area contributed by atoms with Gasteiger partial charge < -0.3 is 15.2 Å². The van der Waals surface area contributed by atoms with E-state index in [9.17, 15) is 0 Å². The van der Waals surface area contributed by atoms with Crippen molar-refractivity contribution in [1.82, 2.24) is 4.98 Å². The molecule has 1 saturated heterocycles. The van der Waals surface area contributed by atoms with Crippen LogP contribution in [0.4, 0.5) is 0 Å². The lowest BCUT2D eigenvalue weighted by Gasteiger charge is -2.12. The molecular formula is C14H22N2O2. The van der Waals surface area contributed by atoms with Gasteiger partial charge in [-0.3, -0.25) is 4.98 Å². The van der Waals surface area contributed by atoms with Crippen LogP contribution in [0.15, 0.2) is 12.1 Å². The zero-order valence-electron chi connectivity index (χ0n) is 11.0. The summed E-state index contributed by atoms with van der Waals surface area (Å²) in [4.78, 5) is 4.37. The summed E-state index contributed by atoms with van der Waals surface area (Å²) >= 11 is 0. The Morgan fingerprint density at radius 3 is 3.11 bits per heavy atom. The van der Waals surface area contributed by atoms with Crippen LogP contribution in [0.5, 0.6) is 5.75 Å². The topological polar surface area (TPSA) is 57.4 Å². The van der Waals surface area contributed by atoms with E-state index in [2.05, 4.69) is 4.98 Å². The molecule has 1 aliphatic heterocycles. The van der Waals surface area contributed by atoms with Crippen molar-refractivity contribution in [2.75, 3.05) is 13.2 Å². The molecule has 2 rings (SSSR count). The van der Waals surface area contributed by atoms with Crippen LogP contribution in [-0.4, -0.2) is 24.3 Å². The van der Waals surface area contributed by atoms with E-state index in [4.69, 9.17) is 15.2 Å². The summed E-state index contributed by atoms with van der Waals surface area (Å²) in [5.41, 5.74) is 7.47. The number of hydrogen-bond acceptors (Lipinski definition) is 4. The van der Waals surface area contributed by atoms with E-state index >= 15 is 0 Å². The zero-order chi connectivity index (χ0) is 12.8. The SMILES string of the molecule is Cc1ccc(OCCCC2CCCO2)c(CN)n1. The highest BCUT2D eigenvalue weighted by Gasteiger charge is 2.14. The third-order valence-electron chi connectivity index (χ3n) is 3.22. The molecule has 0 spiro atoms. The molecule has 0 saturated carbocycles. The number of nitrogens with two attached hydrogens (primary N) is 1. The van der Waals surface area contributed by atoms with Crippen molar-refractivity contribution in [2.24, 2.45) is 5.73 Å². The van der Waals surface area contributed by atoms with Gasteiger partial charge in [-0.05, 0) is 44.7 Å². The predicted octanol–water partition coefficient (Wildman–Crippen LogP) is 2.19. The average Bonchev–Trinajstić information content (AvgIpc) is 2.89. The van der Waals surface area contributed by atoms with Crippen molar-refractivity contribution < 1.29 is 9.47 Å². The molecule has 100 valence electrons. The highest BCUT2D eigenvalue weighted by molar-refractivity contribution is 5.29. The van der Waals surface area contributed by atoms with Crippen molar-refractivity contribution in [2.45, 2.75) is 45.3 Å². The molecule has 1 aliphatic rings. The summed E-state index contributed by atoms with van der Waals surface area (Å²) in [6.45, 7) is 4.01. The Kier molecular flexibility index (Phi) is 4.96. The van der Waals surface area contributed by atoms with Gasteiger partial charge in [-0.25, -0.2) is 0 Å². The summed E-state index contributed by atoms with van der Waals surface area (Å²) in [6, 6.07) is 3.91. The van der Waals surface area contributed by atoms with Gasteiger partial charge in [-0.1, -0.05) is 0 Å². The Morgan fingerprint density at radius 2 is 2.39 bits per heavy atom. The van der Waals surface area contributed by atoms with E-state index in [-0.39, 0.29) is 0 Å². The maximum Gasteiger partial charge on any atom is 0.142 e. The molecule has 1 aromatic heterocycles. The average molecular weight is 250 g/mol. The van der Waals surface area contributed by atoms with Crippen LogP contribution in [-0.2, 0) is 11.3 Å².